The molecular formula is C16H22N2O2. The SMILES string of the molecule is CCOc1ccc(C(C)NC(=O)C(C)=C2CNC2)cc1. The molecule has 0 bridgehead atoms. The van der Waals surface area contributed by atoms with Gasteiger partial charge in [-0.2, -0.15) is 0 Å². The van der Waals surface area contributed by atoms with Gasteiger partial charge in [0.15, 0.2) is 0 Å². The highest BCUT2D eigenvalue weighted by molar-refractivity contribution is 5.94. The molecule has 0 aliphatic carbocycles. The van der Waals surface area contributed by atoms with Gasteiger partial charge in [-0.05, 0) is 44.0 Å². The van der Waals surface area contributed by atoms with Crippen molar-refractivity contribution in [2.24, 2.45) is 0 Å². The van der Waals surface area contributed by atoms with Crippen LogP contribution in [0.5, 0.6) is 5.75 Å². The van der Waals surface area contributed by atoms with Crippen LogP contribution in [0.2, 0.25) is 0 Å². The van der Waals surface area contributed by atoms with Crippen LogP contribution in [0.1, 0.15) is 32.4 Å². The quantitative estimate of drug-likeness (QED) is 0.809. The van der Waals surface area contributed by atoms with Crippen molar-refractivity contribution >= 4 is 5.91 Å². The standard InChI is InChI=1S/C16H22N2O2/c1-4-20-15-7-5-13(6-8-15)12(3)18-16(19)11(2)14-9-17-10-14/h5-8,12,17H,4,9-10H2,1-3H3,(H,18,19). The summed E-state index contributed by atoms with van der Waals surface area (Å²) in [6, 6.07) is 7.83. The highest BCUT2D eigenvalue weighted by atomic mass is 16.5. The molecule has 4 nitrogen and oxygen atoms in total. The molecule has 108 valence electrons. The second-order valence-corrected chi connectivity index (χ2v) is 5.03. The van der Waals surface area contributed by atoms with Crippen LogP contribution >= 0.6 is 0 Å². The Morgan fingerprint density at radius 1 is 1.35 bits per heavy atom. The van der Waals surface area contributed by atoms with E-state index in [1.54, 1.807) is 0 Å². The van der Waals surface area contributed by atoms with Crippen LogP contribution in [0.25, 0.3) is 0 Å². The number of amides is 1. The lowest BCUT2D eigenvalue weighted by Crippen LogP contribution is -2.38. The zero-order valence-corrected chi connectivity index (χ0v) is 12.3. The first-order valence-corrected chi connectivity index (χ1v) is 7.04. The fourth-order valence-corrected chi connectivity index (χ4v) is 2.08. The molecule has 0 radical (unpaired) electrons. The molecule has 1 heterocycles. The van der Waals surface area contributed by atoms with Crippen molar-refractivity contribution in [1.29, 1.82) is 0 Å². The molecule has 1 amide bonds. The van der Waals surface area contributed by atoms with E-state index in [1.165, 1.54) is 5.57 Å². The van der Waals surface area contributed by atoms with Crippen LogP contribution in [0.15, 0.2) is 35.4 Å². The van der Waals surface area contributed by atoms with E-state index in [4.69, 9.17) is 4.74 Å². The zero-order valence-electron chi connectivity index (χ0n) is 12.3. The summed E-state index contributed by atoms with van der Waals surface area (Å²) >= 11 is 0. The van der Waals surface area contributed by atoms with E-state index in [1.807, 2.05) is 45.0 Å². The lowest BCUT2D eigenvalue weighted by atomic mass is 10.0. The number of nitrogens with one attached hydrogen (secondary N) is 2. The van der Waals surface area contributed by atoms with Crippen LogP contribution < -0.4 is 15.4 Å². The molecule has 0 saturated carbocycles. The number of carbonyl (C=O) groups is 1. The number of ether oxygens (including phenoxy) is 1. The van der Waals surface area contributed by atoms with Crippen LogP contribution in [0.4, 0.5) is 0 Å². The van der Waals surface area contributed by atoms with E-state index >= 15 is 0 Å². The molecule has 4 heteroatoms. The Bertz CT molecular complexity index is 500. The number of hydrogen-bond donors (Lipinski definition) is 2. The van der Waals surface area contributed by atoms with Gasteiger partial charge in [-0.1, -0.05) is 12.1 Å². The molecule has 2 N–H and O–H groups in total. The smallest absolute Gasteiger partial charge is 0.247 e. The molecule has 0 aromatic heterocycles. The van der Waals surface area contributed by atoms with Gasteiger partial charge >= 0.3 is 0 Å². The van der Waals surface area contributed by atoms with Crippen molar-refractivity contribution in [3.05, 3.63) is 41.0 Å². The number of carbonyl (C=O) groups excluding carboxylic acids is 1. The average Bonchev–Trinajstić information content (AvgIpc) is 2.37. The molecular weight excluding hydrogens is 252 g/mol. The van der Waals surface area contributed by atoms with Crippen molar-refractivity contribution in [2.45, 2.75) is 26.8 Å². The maximum absolute atomic E-state index is 12.1. The molecule has 1 atom stereocenters. The summed E-state index contributed by atoms with van der Waals surface area (Å²) < 4.78 is 5.41. The van der Waals surface area contributed by atoms with E-state index < -0.39 is 0 Å². The highest BCUT2D eigenvalue weighted by Crippen LogP contribution is 2.18. The van der Waals surface area contributed by atoms with Crippen LogP contribution in [-0.2, 0) is 4.79 Å². The highest BCUT2D eigenvalue weighted by Gasteiger charge is 2.17. The summed E-state index contributed by atoms with van der Waals surface area (Å²) in [6.45, 7) is 8.16. The number of benzene rings is 1. The molecule has 1 unspecified atom stereocenters. The average molecular weight is 274 g/mol. The lowest BCUT2D eigenvalue weighted by Gasteiger charge is -2.22. The second-order valence-electron chi connectivity index (χ2n) is 5.03. The molecule has 1 aromatic carbocycles. The second kappa shape index (κ2) is 6.57. The fourth-order valence-electron chi connectivity index (χ4n) is 2.08. The third-order valence-corrected chi connectivity index (χ3v) is 3.59. The van der Waals surface area contributed by atoms with E-state index in [-0.39, 0.29) is 11.9 Å². The van der Waals surface area contributed by atoms with Gasteiger partial charge < -0.3 is 15.4 Å². The minimum Gasteiger partial charge on any atom is -0.494 e. The molecule has 1 aromatic rings. The van der Waals surface area contributed by atoms with E-state index in [9.17, 15) is 4.79 Å². The van der Waals surface area contributed by atoms with Crippen molar-refractivity contribution in [2.75, 3.05) is 19.7 Å². The zero-order chi connectivity index (χ0) is 14.5. The fraction of sp³-hybridized carbons (Fsp3) is 0.438. The third kappa shape index (κ3) is 3.39. The molecule has 1 aliphatic heterocycles. The molecule has 1 saturated heterocycles. The Morgan fingerprint density at radius 3 is 2.50 bits per heavy atom. The summed E-state index contributed by atoms with van der Waals surface area (Å²) in [5, 5.41) is 6.18. The van der Waals surface area contributed by atoms with Crippen LogP contribution in [0, 0.1) is 0 Å². The summed E-state index contributed by atoms with van der Waals surface area (Å²) in [6.07, 6.45) is 0. The van der Waals surface area contributed by atoms with Gasteiger partial charge in [0.1, 0.15) is 5.75 Å². The van der Waals surface area contributed by atoms with Gasteiger partial charge in [-0.15, -0.1) is 0 Å². The summed E-state index contributed by atoms with van der Waals surface area (Å²) in [4.78, 5) is 12.1. The maximum atomic E-state index is 12.1. The Balaban J connectivity index is 1.97. The Morgan fingerprint density at radius 2 is 2.00 bits per heavy atom. The molecule has 1 fully saturated rings. The Labute approximate surface area is 120 Å². The van der Waals surface area contributed by atoms with E-state index in [0.29, 0.717) is 6.61 Å². The van der Waals surface area contributed by atoms with Crippen molar-refractivity contribution in [1.82, 2.24) is 10.6 Å². The van der Waals surface area contributed by atoms with Crippen molar-refractivity contribution < 1.29 is 9.53 Å². The molecule has 1 aliphatic rings. The monoisotopic (exact) mass is 274 g/mol. The molecule has 2 rings (SSSR count). The summed E-state index contributed by atoms with van der Waals surface area (Å²) in [7, 11) is 0. The van der Waals surface area contributed by atoms with E-state index in [0.717, 1.165) is 30.0 Å². The third-order valence-electron chi connectivity index (χ3n) is 3.59. The lowest BCUT2D eigenvalue weighted by molar-refractivity contribution is -0.118. The van der Waals surface area contributed by atoms with Gasteiger partial charge in [0, 0.05) is 18.7 Å². The van der Waals surface area contributed by atoms with E-state index in [2.05, 4.69) is 10.6 Å². The number of hydrogen-bond acceptors (Lipinski definition) is 3. The molecule has 0 spiro atoms. The first kappa shape index (κ1) is 14.6. The van der Waals surface area contributed by atoms with Gasteiger partial charge in [-0.25, -0.2) is 0 Å². The summed E-state index contributed by atoms with van der Waals surface area (Å²) in [5.41, 5.74) is 3.11. The maximum Gasteiger partial charge on any atom is 0.247 e. The Hall–Kier alpha value is -1.81. The van der Waals surface area contributed by atoms with Gasteiger partial charge in [0.2, 0.25) is 5.91 Å². The predicted octanol–water partition coefficient (Wildman–Crippen LogP) is 2.18. The van der Waals surface area contributed by atoms with Gasteiger partial charge in [-0.3, -0.25) is 4.79 Å². The molecule has 20 heavy (non-hydrogen) atoms. The van der Waals surface area contributed by atoms with Crippen LogP contribution in [0.3, 0.4) is 0 Å². The first-order chi connectivity index (χ1) is 9.61. The number of rotatable bonds is 5. The van der Waals surface area contributed by atoms with Crippen molar-refractivity contribution in [3.8, 4) is 5.75 Å². The summed E-state index contributed by atoms with van der Waals surface area (Å²) in [5.74, 6) is 0.872. The Kier molecular flexibility index (Phi) is 4.79. The van der Waals surface area contributed by atoms with Crippen molar-refractivity contribution in [3.63, 3.8) is 0 Å². The van der Waals surface area contributed by atoms with Crippen LogP contribution in [-0.4, -0.2) is 25.6 Å². The van der Waals surface area contributed by atoms with Gasteiger partial charge in [0.25, 0.3) is 0 Å². The predicted molar refractivity (Wildman–Crippen MR) is 79.7 cm³/mol. The minimum absolute atomic E-state index is 0.0123. The van der Waals surface area contributed by atoms with Gasteiger partial charge in [0.05, 0.1) is 12.6 Å². The first-order valence-electron chi connectivity index (χ1n) is 7.04. The minimum atomic E-state index is -0.0123. The topological polar surface area (TPSA) is 50.4 Å². The normalized spacial score (nSPS) is 15.2. The largest absolute Gasteiger partial charge is 0.494 e.